The molecule has 0 aromatic rings. The molecule has 0 aromatic carbocycles. The summed E-state index contributed by atoms with van der Waals surface area (Å²) in [6, 6.07) is 0. The zero-order valence-corrected chi connectivity index (χ0v) is 14.1. The lowest BCUT2D eigenvalue weighted by Crippen LogP contribution is -2.24. The highest BCUT2D eigenvalue weighted by atomic mass is 16.5. The van der Waals surface area contributed by atoms with Crippen molar-refractivity contribution >= 4 is 0 Å². The molecule has 2 unspecified atom stereocenters. The smallest absolute Gasteiger partial charge is 0.0599 e. The molecule has 0 fully saturated rings. The third kappa shape index (κ3) is 10.4. The largest absolute Gasteiger partial charge is 0.385 e. The van der Waals surface area contributed by atoms with E-state index in [0.717, 1.165) is 24.9 Å². The van der Waals surface area contributed by atoms with Crippen LogP contribution in [0.2, 0.25) is 0 Å². The summed E-state index contributed by atoms with van der Waals surface area (Å²) in [5.74, 6) is 2.25. The van der Waals surface area contributed by atoms with Gasteiger partial charge in [-0.25, -0.2) is 0 Å². The summed E-state index contributed by atoms with van der Waals surface area (Å²) in [4.78, 5) is 0. The van der Waals surface area contributed by atoms with Crippen LogP contribution in [0.1, 0.15) is 66.2 Å². The molecule has 0 amide bonds. The van der Waals surface area contributed by atoms with Gasteiger partial charge in [-0.05, 0) is 49.9 Å². The van der Waals surface area contributed by atoms with Crippen molar-refractivity contribution in [2.24, 2.45) is 17.8 Å². The molecule has 0 aliphatic rings. The van der Waals surface area contributed by atoms with Crippen molar-refractivity contribution in [1.82, 2.24) is 0 Å². The van der Waals surface area contributed by atoms with Gasteiger partial charge in [0.05, 0.1) is 6.10 Å². The Hall–Kier alpha value is -0.0800. The van der Waals surface area contributed by atoms with Crippen molar-refractivity contribution in [2.75, 3.05) is 20.8 Å². The molecular weight excluding hydrogens is 236 g/mol. The molecule has 0 rings (SSSR count). The minimum atomic E-state index is 0.429. The highest BCUT2D eigenvalue weighted by Crippen LogP contribution is 2.26. The molecular formula is C17H36O2. The topological polar surface area (TPSA) is 18.5 Å². The first-order valence-electron chi connectivity index (χ1n) is 8.02. The van der Waals surface area contributed by atoms with Crippen molar-refractivity contribution in [2.45, 2.75) is 72.3 Å². The Balaban J connectivity index is 4.29. The first kappa shape index (κ1) is 18.9. The van der Waals surface area contributed by atoms with Crippen LogP contribution in [0.15, 0.2) is 0 Å². The number of hydrogen-bond donors (Lipinski definition) is 0. The van der Waals surface area contributed by atoms with Gasteiger partial charge in [0.25, 0.3) is 0 Å². The zero-order chi connectivity index (χ0) is 14.7. The maximum absolute atomic E-state index is 5.79. The van der Waals surface area contributed by atoms with Crippen LogP contribution in [0.25, 0.3) is 0 Å². The van der Waals surface area contributed by atoms with E-state index in [4.69, 9.17) is 9.47 Å². The maximum Gasteiger partial charge on any atom is 0.0599 e. The van der Waals surface area contributed by atoms with E-state index >= 15 is 0 Å². The summed E-state index contributed by atoms with van der Waals surface area (Å²) in [7, 11) is 3.67. The molecule has 0 spiro atoms. The van der Waals surface area contributed by atoms with Crippen LogP contribution in [0, 0.1) is 17.8 Å². The minimum absolute atomic E-state index is 0.429. The standard InChI is InChI=1S/C17H36O2/c1-14(2)9-11-16(8-7-13-18-5)17(19-6)12-10-15(3)4/h14-17H,7-13H2,1-6H3. The Kier molecular flexibility index (Phi) is 11.7. The monoisotopic (exact) mass is 272 g/mol. The first-order valence-corrected chi connectivity index (χ1v) is 8.02. The summed E-state index contributed by atoms with van der Waals surface area (Å²) >= 11 is 0. The van der Waals surface area contributed by atoms with E-state index in [1.807, 2.05) is 7.11 Å². The van der Waals surface area contributed by atoms with E-state index in [0.29, 0.717) is 12.0 Å². The van der Waals surface area contributed by atoms with Gasteiger partial charge in [-0.15, -0.1) is 0 Å². The van der Waals surface area contributed by atoms with Gasteiger partial charge in [-0.2, -0.15) is 0 Å². The van der Waals surface area contributed by atoms with E-state index in [2.05, 4.69) is 27.7 Å². The van der Waals surface area contributed by atoms with Crippen LogP contribution in [0.5, 0.6) is 0 Å². The molecule has 2 atom stereocenters. The predicted octanol–water partition coefficient (Wildman–Crippen LogP) is 4.92. The lowest BCUT2D eigenvalue weighted by molar-refractivity contribution is 0.0289. The highest BCUT2D eigenvalue weighted by molar-refractivity contribution is 4.72. The molecule has 19 heavy (non-hydrogen) atoms. The molecule has 0 aliphatic carbocycles. The van der Waals surface area contributed by atoms with Crippen LogP contribution in [0.3, 0.4) is 0 Å². The molecule has 0 aliphatic heterocycles. The number of methoxy groups -OCH3 is 2. The van der Waals surface area contributed by atoms with Gasteiger partial charge in [0.1, 0.15) is 0 Å². The third-order valence-corrected chi connectivity index (χ3v) is 3.90. The van der Waals surface area contributed by atoms with Gasteiger partial charge in [0, 0.05) is 20.8 Å². The lowest BCUT2D eigenvalue weighted by atomic mass is 9.86. The number of rotatable bonds is 12. The average molecular weight is 272 g/mol. The van der Waals surface area contributed by atoms with Crippen molar-refractivity contribution < 1.29 is 9.47 Å². The summed E-state index contributed by atoms with van der Waals surface area (Å²) in [6.45, 7) is 10.1. The summed E-state index contributed by atoms with van der Waals surface area (Å²) in [6.07, 6.45) is 7.87. The Labute approximate surface area is 121 Å². The van der Waals surface area contributed by atoms with Gasteiger partial charge >= 0.3 is 0 Å². The molecule has 0 radical (unpaired) electrons. The van der Waals surface area contributed by atoms with Gasteiger partial charge in [-0.1, -0.05) is 34.1 Å². The lowest BCUT2D eigenvalue weighted by Gasteiger charge is -2.27. The van der Waals surface area contributed by atoms with E-state index in [-0.39, 0.29) is 0 Å². The Morgan fingerprint density at radius 1 is 0.737 bits per heavy atom. The maximum atomic E-state index is 5.79. The van der Waals surface area contributed by atoms with E-state index < -0.39 is 0 Å². The molecule has 2 heteroatoms. The van der Waals surface area contributed by atoms with E-state index in [9.17, 15) is 0 Å². The molecule has 0 bridgehead atoms. The van der Waals surface area contributed by atoms with Crippen LogP contribution in [0.4, 0.5) is 0 Å². The second-order valence-electron chi connectivity index (χ2n) is 6.61. The number of hydrogen-bond acceptors (Lipinski definition) is 2. The minimum Gasteiger partial charge on any atom is -0.385 e. The Morgan fingerprint density at radius 3 is 1.79 bits per heavy atom. The van der Waals surface area contributed by atoms with Gasteiger partial charge in [0.15, 0.2) is 0 Å². The summed E-state index contributed by atoms with van der Waals surface area (Å²) in [5.41, 5.74) is 0. The average Bonchev–Trinajstić information content (AvgIpc) is 2.35. The summed E-state index contributed by atoms with van der Waals surface area (Å²) < 4.78 is 11.0. The van der Waals surface area contributed by atoms with Gasteiger partial charge in [0.2, 0.25) is 0 Å². The van der Waals surface area contributed by atoms with E-state index in [1.165, 1.54) is 32.1 Å². The van der Waals surface area contributed by atoms with Crippen LogP contribution in [-0.2, 0) is 9.47 Å². The molecule has 0 saturated carbocycles. The van der Waals surface area contributed by atoms with E-state index in [1.54, 1.807) is 7.11 Å². The van der Waals surface area contributed by atoms with Gasteiger partial charge < -0.3 is 9.47 Å². The van der Waals surface area contributed by atoms with Crippen LogP contribution >= 0.6 is 0 Å². The third-order valence-electron chi connectivity index (χ3n) is 3.90. The molecule has 0 heterocycles. The molecule has 0 aromatic heterocycles. The Bertz CT molecular complexity index is 190. The zero-order valence-electron chi connectivity index (χ0n) is 14.1. The van der Waals surface area contributed by atoms with Crippen molar-refractivity contribution in [1.29, 1.82) is 0 Å². The second-order valence-corrected chi connectivity index (χ2v) is 6.61. The highest BCUT2D eigenvalue weighted by Gasteiger charge is 2.21. The van der Waals surface area contributed by atoms with Gasteiger partial charge in [-0.3, -0.25) is 0 Å². The fourth-order valence-electron chi connectivity index (χ4n) is 2.60. The van der Waals surface area contributed by atoms with Crippen LogP contribution < -0.4 is 0 Å². The number of ether oxygens (including phenoxy) is 2. The normalized spacial score (nSPS) is 15.2. The van der Waals surface area contributed by atoms with Crippen molar-refractivity contribution in [3.63, 3.8) is 0 Å². The quantitative estimate of drug-likeness (QED) is 0.470. The second kappa shape index (κ2) is 11.7. The fraction of sp³-hybridized carbons (Fsp3) is 1.00. The predicted molar refractivity (Wildman–Crippen MR) is 83.5 cm³/mol. The Morgan fingerprint density at radius 2 is 1.32 bits per heavy atom. The molecule has 0 saturated heterocycles. The molecule has 2 nitrogen and oxygen atoms in total. The fourth-order valence-corrected chi connectivity index (χ4v) is 2.60. The molecule has 116 valence electrons. The first-order chi connectivity index (χ1) is 9.01. The summed E-state index contributed by atoms with van der Waals surface area (Å²) in [5, 5.41) is 0. The van der Waals surface area contributed by atoms with Crippen LogP contribution in [-0.4, -0.2) is 26.9 Å². The SMILES string of the molecule is COCCCC(CCC(C)C)C(CCC(C)C)OC. The van der Waals surface area contributed by atoms with Crippen molar-refractivity contribution in [3.05, 3.63) is 0 Å². The molecule has 0 N–H and O–H groups in total. The van der Waals surface area contributed by atoms with Crippen molar-refractivity contribution in [3.8, 4) is 0 Å².